The maximum atomic E-state index is 12.8. The van der Waals surface area contributed by atoms with E-state index in [9.17, 15) is 4.79 Å². The van der Waals surface area contributed by atoms with Crippen molar-refractivity contribution in [3.05, 3.63) is 35.4 Å². The first-order valence-electron chi connectivity index (χ1n) is 9.09. The summed E-state index contributed by atoms with van der Waals surface area (Å²) in [4.78, 5) is 23.0. The highest BCUT2D eigenvalue weighted by atomic mass is 16.2. The van der Waals surface area contributed by atoms with Crippen molar-refractivity contribution in [2.45, 2.75) is 52.1 Å². The van der Waals surface area contributed by atoms with Crippen molar-refractivity contribution < 1.29 is 4.79 Å². The summed E-state index contributed by atoms with van der Waals surface area (Å²) in [5.41, 5.74) is 4.48. The minimum atomic E-state index is 0.0122. The average molecular weight is 353 g/mol. The van der Waals surface area contributed by atoms with Crippen molar-refractivity contribution in [2.24, 2.45) is 0 Å². The molecule has 1 fully saturated rings. The van der Waals surface area contributed by atoms with E-state index in [4.69, 9.17) is 4.98 Å². The van der Waals surface area contributed by atoms with Crippen molar-refractivity contribution in [2.75, 3.05) is 6.54 Å². The summed E-state index contributed by atoms with van der Waals surface area (Å²) in [7, 11) is 0. The van der Waals surface area contributed by atoms with Crippen LogP contribution in [0, 0.1) is 13.8 Å². The largest absolute Gasteiger partial charge is 0.340 e. The molecule has 8 nitrogen and oxygen atoms in total. The average Bonchev–Trinajstić information content (AvgIpc) is 3.30. The number of benzene rings is 1. The number of nitrogens with one attached hydrogen (secondary N) is 1. The van der Waals surface area contributed by atoms with E-state index in [-0.39, 0.29) is 11.9 Å². The molecule has 0 saturated carbocycles. The summed E-state index contributed by atoms with van der Waals surface area (Å²) in [5.74, 6) is 1.01. The fourth-order valence-corrected chi connectivity index (χ4v) is 3.60. The van der Waals surface area contributed by atoms with Crippen LogP contribution in [0.5, 0.6) is 0 Å². The number of aromatic amines is 1. The number of nitrogens with zero attached hydrogens (tertiary/aromatic N) is 6. The van der Waals surface area contributed by atoms with Crippen molar-refractivity contribution in [1.82, 2.24) is 35.1 Å². The Kier molecular flexibility index (Phi) is 4.40. The molecule has 0 radical (unpaired) electrons. The van der Waals surface area contributed by atoms with E-state index in [1.165, 1.54) is 17.5 Å². The van der Waals surface area contributed by atoms with E-state index in [1.807, 2.05) is 4.90 Å². The summed E-state index contributed by atoms with van der Waals surface area (Å²) in [5, 5.41) is 11.0. The molecule has 0 bridgehead atoms. The Labute approximate surface area is 151 Å². The predicted octanol–water partition coefficient (Wildman–Crippen LogP) is 2.31. The molecule has 1 atom stereocenters. The second kappa shape index (κ2) is 6.86. The molecule has 2 aromatic heterocycles. The number of carbonyl (C=O) groups excluding carboxylic acids is 1. The van der Waals surface area contributed by atoms with E-state index < -0.39 is 0 Å². The van der Waals surface area contributed by atoms with Crippen LogP contribution in [0.15, 0.2) is 18.5 Å². The minimum absolute atomic E-state index is 0.0122. The van der Waals surface area contributed by atoms with Gasteiger partial charge < -0.3 is 9.88 Å². The van der Waals surface area contributed by atoms with Gasteiger partial charge in [-0.15, -0.1) is 5.10 Å². The van der Waals surface area contributed by atoms with Gasteiger partial charge in [-0.3, -0.25) is 4.79 Å². The number of aromatic nitrogens is 6. The third-order valence-electron chi connectivity index (χ3n) is 5.20. The Bertz CT molecular complexity index is 876. The molecular weight excluding hydrogens is 330 g/mol. The molecule has 1 unspecified atom stereocenters. The van der Waals surface area contributed by atoms with E-state index in [2.05, 4.69) is 46.5 Å². The molecule has 1 aromatic carbocycles. The molecule has 0 spiro atoms. The summed E-state index contributed by atoms with van der Waals surface area (Å²) >= 11 is 0. The lowest BCUT2D eigenvalue weighted by Crippen LogP contribution is -2.39. The van der Waals surface area contributed by atoms with Crippen LogP contribution in [0.25, 0.3) is 11.0 Å². The van der Waals surface area contributed by atoms with Crippen LogP contribution in [0.3, 0.4) is 0 Å². The number of aryl methyl sites for hydroxylation is 3. The van der Waals surface area contributed by atoms with Gasteiger partial charge in [-0.05, 0) is 66.8 Å². The van der Waals surface area contributed by atoms with Crippen LogP contribution >= 0.6 is 0 Å². The number of hydrogen-bond acceptors (Lipinski definition) is 5. The molecule has 26 heavy (non-hydrogen) atoms. The first-order valence-corrected chi connectivity index (χ1v) is 9.09. The van der Waals surface area contributed by atoms with Crippen LogP contribution < -0.4 is 0 Å². The quantitative estimate of drug-likeness (QED) is 0.777. The summed E-state index contributed by atoms with van der Waals surface area (Å²) in [6, 6.07) is 4.25. The second-order valence-electron chi connectivity index (χ2n) is 7.00. The normalized spacial score (nSPS) is 17.8. The number of tetrazole rings is 1. The molecule has 1 amide bonds. The number of rotatable bonds is 4. The maximum Gasteiger partial charge on any atom is 0.225 e. The highest BCUT2D eigenvalue weighted by Gasteiger charge is 2.30. The van der Waals surface area contributed by atoms with Crippen LogP contribution in [-0.2, 0) is 11.3 Å². The van der Waals surface area contributed by atoms with Crippen molar-refractivity contribution in [3.63, 3.8) is 0 Å². The first-order chi connectivity index (χ1) is 12.6. The fraction of sp³-hybridized carbons (Fsp3) is 0.500. The highest BCUT2D eigenvalue weighted by Crippen LogP contribution is 2.31. The number of piperidine rings is 1. The third-order valence-corrected chi connectivity index (χ3v) is 5.20. The van der Waals surface area contributed by atoms with Gasteiger partial charge in [0, 0.05) is 13.0 Å². The molecule has 1 N–H and O–H groups in total. The lowest BCUT2D eigenvalue weighted by molar-refractivity contribution is -0.135. The Morgan fingerprint density at radius 1 is 1.27 bits per heavy atom. The lowest BCUT2D eigenvalue weighted by Gasteiger charge is -2.34. The number of imidazole rings is 1. The monoisotopic (exact) mass is 353 g/mol. The molecule has 3 heterocycles. The second-order valence-corrected chi connectivity index (χ2v) is 7.00. The van der Waals surface area contributed by atoms with Crippen molar-refractivity contribution in [1.29, 1.82) is 0 Å². The van der Waals surface area contributed by atoms with E-state index in [0.717, 1.165) is 42.7 Å². The summed E-state index contributed by atoms with van der Waals surface area (Å²) < 4.78 is 1.59. The van der Waals surface area contributed by atoms with Gasteiger partial charge in [-0.2, -0.15) is 0 Å². The van der Waals surface area contributed by atoms with Gasteiger partial charge in [0.1, 0.15) is 12.2 Å². The number of likely N-dealkylation sites (tertiary alicyclic amines) is 1. The van der Waals surface area contributed by atoms with Crippen LogP contribution in [0.4, 0.5) is 0 Å². The Hall–Kier alpha value is -2.77. The fourth-order valence-electron chi connectivity index (χ4n) is 3.60. The standard InChI is InChI=1S/C18H23N7O/c1-12-9-14-15(10-13(12)2)21-18(20-14)16-5-3-4-7-25(16)17(26)6-8-24-11-19-22-23-24/h9-11,16H,3-8H2,1-2H3,(H,20,21). The Balaban J connectivity index is 1.56. The molecule has 1 aliphatic rings. The molecule has 8 heteroatoms. The highest BCUT2D eigenvalue weighted by molar-refractivity contribution is 5.78. The zero-order valence-electron chi connectivity index (χ0n) is 15.1. The molecule has 1 saturated heterocycles. The lowest BCUT2D eigenvalue weighted by atomic mass is 10.0. The van der Waals surface area contributed by atoms with Crippen molar-refractivity contribution in [3.8, 4) is 0 Å². The summed E-state index contributed by atoms with van der Waals surface area (Å²) in [6.07, 6.45) is 5.00. The molecular formula is C18H23N7O. The number of carbonyl (C=O) groups is 1. The smallest absolute Gasteiger partial charge is 0.225 e. The Morgan fingerprint density at radius 2 is 2.12 bits per heavy atom. The minimum Gasteiger partial charge on any atom is -0.340 e. The SMILES string of the molecule is Cc1cc2nc(C3CCCCN3C(=O)CCn3cnnn3)[nH]c2cc1C. The van der Waals surface area contributed by atoms with Gasteiger partial charge in [0.25, 0.3) is 0 Å². The predicted molar refractivity (Wildman–Crippen MR) is 96.3 cm³/mol. The van der Waals surface area contributed by atoms with Gasteiger partial charge in [-0.1, -0.05) is 0 Å². The molecule has 3 aromatic rings. The number of hydrogen-bond donors (Lipinski definition) is 1. The van der Waals surface area contributed by atoms with Gasteiger partial charge >= 0.3 is 0 Å². The summed E-state index contributed by atoms with van der Waals surface area (Å²) in [6.45, 7) is 5.46. The Morgan fingerprint density at radius 3 is 2.92 bits per heavy atom. The first kappa shape index (κ1) is 16.7. The molecule has 0 aliphatic carbocycles. The van der Waals surface area contributed by atoms with E-state index >= 15 is 0 Å². The van der Waals surface area contributed by atoms with Gasteiger partial charge in [-0.25, -0.2) is 9.67 Å². The van der Waals surface area contributed by atoms with Crippen LogP contribution in [0.1, 0.15) is 48.7 Å². The van der Waals surface area contributed by atoms with Crippen molar-refractivity contribution >= 4 is 16.9 Å². The van der Waals surface area contributed by atoms with E-state index in [0.29, 0.717) is 13.0 Å². The number of fused-ring (bicyclic) bond motifs is 1. The molecule has 1 aliphatic heterocycles. The van der Waals surface area contributed by atoms with Gasteiger partial charge in [0.15, 0.2) is 0 Å². The van der Waals surface area contributed by atoms with Gasteiger partial charge in [0.2, 0.25) is 5.91 Å². The third kappa shape index (κ3) is 3.18. The maximum absolute atomic E-state index is 12.8. The molecule has 136 valence electrons. The van der Waals surface area contributed by atoms with Crippen LogP contribution in [0.2, 0.25) is 0 Å². The zero-order valence-corrected chi connectivity index (χ0v) is 15.1. The zero-order chi connectivity index (χ0) is 18.1. The van der Waals surface area contributed by atoms with E-state index in [1.54, 1.807) is 4.68 Å². The topological polar surface area (TPSA) is 92.6 Å². The number of H-pyrrole nitrogens is 1. The molecule has 4 rings (SSSR count). The van der Waals surface area contributed by atoms with Crippen LogP contribution in [-0.4, -0.2) is 47.5 Å². The van der Waals surface area contributed by atoms with Gasteiger partial charge in [0.05, 0.1) is 23.6 Å². The number of amides is 1.